The Morgan fingerprint density at radius 2 is 2.04 bits per heavy atom. The molecular weight excluding hydrogens is 383 g/mol. The third-order valence-electron chi connectivity index (χ3n) is 3.26. The molecule has 0 aliphatic rings. The van der Waals surface area contributed by atoms with Crippen LogP contribution in [0.3, 0.4) is 0 Å². The van der Waals surface area contributed by atoms with E-state index >= 15 is 0 Å². The van der Waals surface area contributed by atoms with Gasteiger partial charge in [-0.3, -0.25) is 10.1 Å². The van der Waals surface area contributed by atoms with Crippen LogP contribution in [0.4, 0.5) is 5.13 Å². The summed E-state index contributed by atoms with van der Waals surface area (Å²) in [6.45, 7) is 0. The number of amides is 1. The summed E-state index contributed by atoms with van der Waals surface area (Å²) in [5.41, 5.74) is 2.08. The van der Waals surface area contributed by atoms with Crippen LogP contribution < -0.4 is 5.32 Å². The molecule has 0 fully saturated rings. The van der Waals surface area contributed by atoms with E-state index in [0.717, 1.165) is 10.5 Å². The van der Waals surface area contributed by atoms with Crippen molar-refractivity contribution in [2.75, 3.05) is 11.6 Å². The highest BCUT2D eigenvalue weighted by atomic mass is 35.5. The molecule has 3 aromatic rings. The molecular formula is C17H12Cl2N2OS2. The third-order valence-corrected chi connectivity index (χ3v) is 5.29. The van der Waals surface area contributed by atoms with Crippen molar-refractivity contribution in [2.45, 2.75) is 4.90 Å². The maximum atomic E-state index is 12.3. The molecule has 0 spiro atoms. The molecule has 0 aliphatic carbocycles. The maximum absolute atomic E-state index is 12.3. The Morgan fingerprint density at radius 1 is 1.21 bits per heavy atom. The van der Waals surface area contributed by atoms with E-state index in [-0.39, 0.29) is 5.91 Å². The predicted molar refractivity (Wildman–Crippen MR) is 104 cm³/mol. The van der Waals surface area contributed by atoms with Gasteiger partial charge in [-0.15, -0.1) is 23.1 Å². The topological polar surface area (TPSA) is 42.0 Å². The molecule has 0 radical (unpaired) electrons. The molecule has 0 saturated heterocycles. The highest BCUT2D eigenvalue weighted by molar-refractivity contribution is 7.98. The Kier molecular flexibility index (Phi) is 5.46. The van der Waals surface area contributed by atoms with Gasteiger partial charge in [-0.25, -0.2) is 4.98 Å². The molecule has 3 nitrogen and oxygen atoms in total. The van der Waals surface area contributed by atoms with Crippen molar-refractivity contribution >= 4 is 57.3 Å². The fraction of sp³-hybridized carbons (Fsp3) is 0.0588. The van der Waals surface area contributed by atoms with Crippen molar-refractivity contribution in [3.8, 4) is 11.3 Å². The van der Waals surface area contributed by atoms with Gasteiger partial charge in [0.1, 0.15) is 0 Å². The Hall–Kier alpha value is -1.53. The Bertz CT molecular complexity index is 896. The quantitative estimate of drug-likeness (QED) is 0.544. The van der Waals surface area contributed by atoms with E-state index in [1.807, 2.05) is 35.9 Å². The average molecular weight is 395 g/mol. The number of thiazole rings is 1. The number of rotatable bonds is 4. The summed E-state index contributed by atoms with van der Waals surface area (Å²) in [4.78, 5) is 17.8. The van der Waals surface area contributed by atoms with Crippen LogP contribution in [0.1, 0.15) is 10.4 Å². The monoisotopic (exact) mass is 394 g/mol. The molecule has 1 aromatic heterocycles. The van der Waals surface area contributed by atoms with Gasteiger partial charge in [0, 0.05) is 26.4 Å². The molecule has 24 heavy (non-hydrogen) atoms. The summed E-state index contributed by atoms with van der Waals surface area (Å²) in [7, 11) is 0. The van der Waals surface area contributed by atoms with Gasteiger partial charge >= 0.3 is 0 Å². The Balaban J connectivity index is 1.79. The van der Waals surface area contributed by atoms with Crippen LogP contribution in [0.25, 0.3) is 11.3 Å². The fourth-order valence-electron chi connectivity index (χ4n) is 2.09. The molecule has 1 N–H and O–H groups in total. The second-order valence-electron chi connectivity index (χ2n) is 4.85. The lowest BCUT2D eigenvalue weighted by Gasteiger charge is -2.04. The zero-order valence-corrected chi connectivity index (χ0v) is 15.7. The first kappa shape index (κ1) is 17.3. The van der Waals surface area contributed by atoms with Crippen LogP contribution in [-0.4, -0.2) is 17.1 Å². The van der Waals surface area contributed by atoms with Gasteiger partial charge in [0.25, 0.3) is 5.91 Å². The van der Waals surface area contributed by atoms with Crippen molar-refractivity contribution in [3.63, 3.8) is 0 Å². The molecule has 2 aromatic carbocycles. The van der Waals surface area contributed by atoms with E-state index < -0.39 is 0 Å². The lowest BCUT2D eigenvalue weighted by Crippen LogP contribution is -2.11. The number of halogens is 2. The highest BCUT2D eigenvalue weighted by Crippen LogP contribution is 2.32. The predicted octanol–water partition coefficient (Wildman–Crippen LogP) is 6.09. The number of carbonyl (C=O) groups is 1. The minimum absolute atomic E-state index is 0.186. The van der Waals surface area contributed by atoms with E-state index in [2.05, 4.69) is 10.3 Å². The van der Waals surface area contributed by atoms with Crippen LogP contribution in [0.5, 0.6) is 0 Å². The Labute approximate surface area is 158 Å². The first-order valence-electron chi connectivity index (χ1n) is 6.93. The summed E-state index contributed by atoms with van der Waals surface area (Å²) in [6, 6.07) is 12.7. The van der Waals surface area contributed by atoms with Crippen molar-refractivity contribution in [1.82, 2.24) is 4.98 Å². The zero-order valence-electron chi connectivity index (χ0n) is 12.5. The van der Waals surface area contributed by atoms with Crippen molar-refractivity contribution in [3.05, 3.63) is 63.5 Å². The Morgan fingerprint density at radius 3 is 2.79 bits per heavy atom. The first-order valence-corrected chi connectivity index (χ1v) is 9.79. The van der Waals surface area contributed by atoms with Crippen LogP contribution in [0, 0.1) is 0 Å². The minimum atomic E-state index is -0.186. The second kappa shape index (κ2) is 7.57. The summed E-state index contributed by atoms with van der Waals surface area (Å²) >= 11 is 15.1. The molecule has 0 bridgehead atoms. The van der Waals surface area contributed by atoms with E-state index in [9.17, 15) is 4.79 Å². The van der Waals surface area contributed by atoms with Crippen molar-refractivity contribution in [2.24, 2.45) is 0 Å². The van der Waals surface area contributed by atoms with E-state index in [1.54, 1.807) is 30.0 Å². The number of anilines is 1. The number of nitrogens with one attached hydrogen (secondary N) is 1. The van der Waals surface area contributed by atoms with Gasteiger partial charge in [0.05, 0.1) is 10.7 Å². The fourth-order valence-corrected chi connectivity index (χ4v) is 3.76. The number of thioether (sulfide) groups is 1. The minimum Gasteiger partial charge on any atom is -0.298 e. The van der Waals surface area contributed by atoms with Crippen LogP contribution in [0.15, 0.2) is 52.7 Å². The lowest BCUT2D eigenvalue weighted by atomic mass is 10.2. The van der Waals surface area contributed by atoms with Crippen molar-refractivity contribution < 1.29 is 4.79 Å². The third kappa shape index (κ3) is 3.92. The normalized spacial score (nSPS) is 10.6. The van der Waals surface area contributed by atoms with Crippen LogP contribution >= 0.6 is 46.3 Å². The molecule has 0 unspecified atom stereocenters. The molecule has 1 heterocycles. The summed E-state index contributed by atoms with van der Waals surface area (Å²) in [5.74, 6) is -0.186. The number of aromatic nitrogens is 1. The standard InChI is InChI=1S/C17H12Cl2N2OS2/c1-23-12-4-2-3-10(7-12)16(22)21-17-20-15(9-24-17)13-6-5-11(18)8-14(13)19/h2-9H,1H3,(H,20,21,22). The highest BCUT2D eigenvalue weighted by Gasteiger charge is 2.12. The molecule has 0 atom stereocenters. The van der Waals surface area contributed by atoms with Gasteiger partial charge < -0.3 is 0 Å². The number of hydrogen-bond donors (Lipinski definition) is 1. The van der Waals surface area contributed by atoms with E-state index in [4.69, 9.17) is 23.2 Å². The van der Waals surface area contributed by atoms with Gasteiger partial charge in [0.15, 0.2) is 5.13 Å². The number of benzene rings is 2. The molecule has 7 heteroatoms. The zero-order chi connectivity index (χ0) is 17.1. The molecule has 1 amide bonds. The van der Waals surface area contributed by atoms with Gasteiger partial charge in [-0.1, -0.05) is 29.3 Å². The molecule has 0 aliphatic heterocycles. The average Bonchev–Trinajstić information content (AvgIpc) is 3.03. The maximum Gasteiger partial charge on any atom is 0.257 e. The number of carbonyl (C=O) groups excluding carboxylic acids is 1. The number of hydrogen-bond acceptors (Lipinski definition) is 4. The van der Waals surface area contributed by atoms with E-state index in [0.29, 0.717) is 26.4 Å². The van der Waals surface area contributed by atoms with Crippen LogP contribution in [0.2, 0.25) is 10.0 Å². The second-order valence-corrected chi connectivity index (χ2v) is 7.43. The lowest BCUT2D eigenvalue weighted by molar-refractivity contribution is 0.102. The summed E-state index contributed by atoms with van der Waals surface area (Å²) < 4.78 is 0. The summed E-state index contributed by atoms with van der Waals surface area (Å²) in [6.07, 6.45) is 1.97. The smallest absolute Gasteiger partial charge is 0.257 e. The number of nitrogens with zero attached hydrogens (tertiary/aromatic N) is 1. The van der Waals surface area contributed by atoms with Crippen molar-refractivity contribution in [1.29, 1.82) is 0 Å². The first-order chi connectivity index (χ1) is 11.6. The van der Waals surface area contributed by atoms with Crippen LogP contribution in [-0.2, 0) is 0 Å². The van der Waals surface area contributed by atoms with E-state index in [1.165, 1.54) is 11.3 Å². The SMILES string of the molecule is CSc1cccc(C(=O)Nc2nc(-c3ccc(Cl)cc3Cl)cs2)c1. The summed E-state index contributed by atoms with van der Waals surface area (Å²) in [5, 5.41) is 6.29. The molecule has 122 valence electrons. The van der Waals surface area contributed by atoms with Gasteiger partial charge in [0.2, 0.25) is 0 Å². The molecule has 3 rings (SSSR count). The van der Waals surface area contributed by atoms with Gasteiger partial charge in [-0.05, 0) is 42.7 Å². The van der Waals surface area contributed by atoms with Gasteiger partial charge in [-0.2, -0.15) is 0 Å². The molecule has 0 saturated carbocycles. The largest absolute Gasteiger partial charge is 0.298 e.